The molecule has 1 aromatic heterocycles. The molecule has 0 aliphatic carbocycles. The number of urea groups is 1. The smallest absolute Gasteiger partial charge is 0.317 e. The second-order valence-electron chi connectivity index (χ2n) is 5.41. The normalized spacial score (nSPS) is 14.7. The maximum Gasteiger partial charge on any atom is 0.317 e. The fraction of sp³-hybridized carbons (Fsp3) is 0.294. The first-order valence-electron chi connectivity index (χ1n) is 7.66. The van der Waals surface area contributed by atoms with Crippen LogP contribution in [0.2, 0.25) is 0 Å². The number of para-hydroxylation sites is 1. The fourth-order valence-electron chi connectivity index (χ4n) is 2.64. The Labute approximate surface area is 144 Å². The van der Waals surface area contributed by atoms with E-state index in [1.54, 1.807) is 6.20 Å². The number of hydrogen-bond donors (Lipinski definition) is 1. The van der Waals surface area contributed by atoms with Crippen molar-refractivity contribution in [3.63, 3.8) is 0 Å². The van der Waals surface area contributed by atoms with Gasteiger partial charge in [-0.2, -0.15) is 0 Å². The molecule has 1 saturated heterocycles. The summed E-state index contributed by atoms with van der Waals surface area (Å²) in [6.07, 6.45) is 1.73. The zero-order valence-corrected chi connectivity index (χ0v) is 14.4. The molecule has 1 aliphatic rings. The third-order valence-electron chi connectivity index (χ3n) is 3.91. The summed E-state index contributed by atoms with van der Waals surface area (Å²) < 4.78 is 1.09. The summed E-state index contributed by atoms with van der Waals surface area (Å²) in [5.74, 6) is 0. The molecular weight excluding hydrogens is 356 g/mol. The molecule has 2 heterocycles. The molecule has 0 unspecified atom stereocenters. The molecule has 23 heavy (non-hydrogen) atoms. The highest BCUT2D eigenvalue weighted by Gasteiger charge is 2.21. The second kappa shape index (κ2) is 7.46. The Balaban J connectivity index is 1.50. The summed E-state index contributed by atoms with van der Waals surface area (Å²) in [6, 6.07) is 13.9. The molecule has 2 aromatic rings. The van der Waals surface area contributed by atoms with E-state index in [1.807, 2.05) is 41.3 Å². The van der Waals surface area contributed by atoms with Gasteiger partial charge in [0, 0.05) is 36.8 Å². The average Bonchev–Trinajstić information content (AvgIpc) is 2.61. The third-order valence-corrected chi connectivity index (χ3v) is 4.58. The lowest BCUT2D eigenvalue weighted by Crippen LogP contribution is -2.51. The molecule has 0 saturated carbocycles. The van der Waals surface area contributed by atoms with E-state index in [2.05, 4.69) is 37.2 Å². The number of rotatable bonds is 3. The molecule has 0 bridgehead atoms. The molecule has 5 nitrogen and oxygen atoms in total. The van der Waals surface area contributed by atoms with Gasteiger partial charge in [-0.1, -0.05) is 18.2 Å². The van der Waals surface area contributed by atoms with Gasteiger partial charge in [0.2, 0.25) is 0 Å². The van der Waals surface area contributed by atoms with Gasteiger partial charge in [0.25, 0.3) is 0 Å². The van der Waals surface area contributed by atoms with Crippen molar-refractivity contribution in [3.8, 4) is 0 Å². The molecular formula is C17H19BrN4O. The standard InChI is InChI=1S/C17H19BrN4O/c18-15-6-1-2-7-16(15)21-9-11-22(12-10-21)17(23)20-13-14-5-3-4-8-19-14/h1-8H,9-13H2,(H,20,23). The number of pyridine rings is 1. The van der Waals surface area contributed by atoms with Crippen molar-refractivity contribution < 1.29 is 4.79 Å². The number of amides is 2. The highest BCUT2D eigenvalue weighted by Crippen LogP contribution is 2.26. The molecule has 6 heteroatoms. The van der Waals surface area contributed by atoms with Gasteiger partial charge in [0.15, 0.2) is 0 Å². The summed E-state index contributed by atoms with van der Waals surface area (Å²) >= 11 is 3.59. The number of halogens is 1. The van der Waals surface area contributed by atoms with E-state index in [9.17, 15) is 4.79 Å². The summed E-state index contributed by atoms with van der Waals surface area (Å²) in [5, 5.41) is 2.93. The van der Waals surface area contributed by atoms with Gasteiger partial charge in [-0.3, -0.25) is 4.98 Å². The van der Waals surface area contributed by atoms with Gasteiger partial charge < -0.3 is 15.1 Å². The quantitative estimate of drug-likeness (QED) is 0.898. The zero-order valence-electron chi connectivity index (χ0n) is 12.8. The third kappa shape index (κ3) is 4.01. The van der Waals surface area contributed by atoms with E-state index < -0.39 is 0 Å². The summed E-state index contributed by atoms with van der Waals surface area (Å²) in [5.41, 5.74) is 2.05. The van der Waals surface area contributed by atoms with Crippen molar-refractivity contribution in [1.82, 2.24) is 15.2 Å². The Morgan fingerprint density at radius 1 is 1.09 bits per heavy atom. The van der Waals surface area contributed by atoms with Crippen LogP contribution in [0, 0.1) is 0 Å². The van der Waals surface area contributed by atoms with Gasteiger partial charge >= 0.3 is 6.03 Å². The van der Waals surface area contributed by atoms with E-state index in [0.717, 1.165) is 36.3 Å². The second-order valence-corrected chi connectivity index (χ2v) is 6.26. The van der Waals surface area contributed by atoms with Crippen molar-refractivity contribution in [2.75, 3.05) is 31.1 Å². The Morgan fingerprint density at radius 2 is 1.83 bits per heavy atom. The van der Waals surface area contributed by atoms with Crippen molar-refractivity contribution in [1.29, 1.82) is 0 Å². The van der Waals surface area contributed by atoms with Crippen molar-refractivity contribution in [2.24, 2.45) is 0 Å². The van der Waals surface area contributed by atoms with Crippen LogP contribution in [0.3, 0.4) is 0 Å². The van der Waals surface area contributed by atoms with Crippen molar-refractivity contribution >= 4 is 27.6 Å². The van der Waals surface area contributed by atoms with Crippen LogP contribution in [0.25, 0.3) is 0 Å². The predicted octanol–water partition coefficient (Wildman–Crippen LogP) is 2.88. The maximum atomic E-state index is 12.2. The van der Waals surface area contributed by atoms with Crippen LogP contribution in [0.4, 0.5) is 10.5 Å². The SMILES string of the molecule is O=C(NCc1ccccn1)N1CCN(c2ccccc2Br)CC1. The lowest BCUT2D eigenvalue weighted by atomic mass is 10.2. The van der Waals surface area contributed by atoms with Crippen LogP contribution in [-0.2, 0) is 6.54 Å². The maximum absolute atomic E-state index is 12.2. The molecule has 1 fully saturated rings. The molecule has 0 spiro atoms. The number of nitrogens with zero attached hydrogens (tertiary/aromatic N) is 3. The van der Waals surface area contributed by atoms with E-state index >= 15 is 0 Å². The van der Waals surface area contributed by atoms with E-state index in [0.29, 0.717) is 6.54 Å². The number of benzene rings is 1. The summed E-state index contributed by atoms with van der Waals surface area (Å²) in [6.45, 7) is 3.56. The summed E-state index contributed by atoms with van der Waals surface area (Å²) in [4.78, 5) is 20.6. The first-order chi connectivity index (χ1) is 11.2. The Morgan fingerprint density at radius 3 is 2.52 bits per heavy atom. The van der Waals surface area contributed by atoms with E-state index in [4.69, 9.17) is 0 Å². The largest absolute Gasteiger partial charge is 0.367 e. The minimum Gasteiger partial charge on any atom is -0.367 e. The van der Waals surface area contributed by atoms with Crippen LogP contribution < -0.4 is 10.2 Å². The van der Waals surface area contributed by atoms with E-state index in [-0.39, 0.29) is 6.03 Å². The first kappa shape index (κ1) is 15.8. The molecule has 2 amide bonds. The van der Waals surface area contributed by atoms with Gasteiger partial charge in [0.05, 0.1) is 17.9 Å². The van der Waals surface area contributed by atoms with Gasteiger partial charge in [0.1, 0.15) is 0 Å². The van der Waals surface area contributed by atoms with Crippen LogP contribution in [-0.4, -0.2) is 42.1 Å². The molecule has 120 valence electrons. The Bertz CT molecular complexity index is 657. The zero-order chi connectivity index (χ0) is 16.1. The van der Waals surface area contributed by atoms with E-state index in [1.165, 1.54) is 5.69 Å². The number of anilines is 1. The van der Waals surface area contributed by atoms with Crippen molar-refractivity contribution in [3.05, 3.63) is 58.8 Å². The number of nitrogens with one attached hydrogen (secondary N) is 1. The first-order valence-corrected chi connectivity index (χ1v) is 8.45. The molecule has 1 N–H and O–H groups in total. The monoisotopic (exact) mass is 374 g/mol. The van der Waals surface area contributed by atoms with Gasteiger partial charge in [-0.05, 0) is 40.2 Å². The highest BCUT2D eigenvalue weighted by molar-refractivity contribution is 9.10. The minimum atomic E-state index is -0.0255. The lowest BCUT2D eigenvalue weighted by Gasteiger charge is -2.36. The van der Waals surface area contributed by atoms with Crippen LogP contribution in [0.15, 0.2) is 53.1 Å². The fourth-order valence-corrected chi connectivity index (χ4v) is 3.17. The molecule has 1 aliphatic heterocycles. The van der Waals surface area contributed by atoms with Crippen molar-refractivity contribution in [2.45, 2.75) is 6.54 Å². The van der Waals surface area contributed by atoms with Crippen LogP contribution >= 0.6 is 15.9 Å². The summed E-state index contributed by atoms with van der Waals surface area (Å²) in [7, 11) is 0. The molecule has 0 radical (unpaired) electrons. The predicted molar refractivity (Wildman–Crippen MR) is 94.4 cm³/mol. The molecule has 3 rings (SSSR count). The number of aromatic nitrogens is 1. The van der Waals surface area contributed by atoms with Crippen LogP contribution in [0.1, 0.15) is 5.69 Å². The van der Waals surface area contributed by atoms with Gasteiger partial charge in [-0.15, -0.1) is 0 Å². The number of hydrogen-bond acceptors (Lipinski definition) is 3. The van der Waals surface area contributed by atoms with Gasteiger partial charge in [-0.25, -0.2) is 4.79 Å². The molecule has 1 aromatic carbocycles. The Kier molecular flexibility index (Phi) is 5.12. The average molecular weight is 375 g/mol. The lowest BCUT2D eigenvalue weighted by molar-refractivity contribution is 0.194. The topological polar surface area (TPSA) is 48.5 Å². The highest BCUT2D eigenvalue weighted by atomic mass is 79.9. The number of piperazine rings is 1. The Hall–Kier alpha value is -2.08. The minimum absolute atomic E-state index is 0.0255. The number of carbonyl (C=O) groups is 1. The molecule has 0 atom stereocenters. The number of carbonyl (C=O) groups excluding carboxylic acids is 1. The van der Waals surface area contributed by atoms with Crippen LogP contribution in [0.5, 0.6) is 0 Å².